The molecular weight excluding hydrogens is 334 g/mol. The highest BCUT2D eigenvalue weighted by Gasteiger charge is 2.20. The third-order valence-corrected chi connectivity index (χ3v) is 2.71. The Balaban J connectivity index is 3.12. The third-order valence-electron chi connectivity index (χ3n) is 2.21. The van der Waals surface area contributed by atoms with Gasteiger partial charge < -0.3 is 10.1 Å². The Morgan fingerprint density at radius 1 is 1.33 bits per heavy atom. The van der Waals surface area contributed by atoms with Crippen molar-refractivity contribution < 1.29 is 9.53 Å². The molecule has 0 amide bonds. The van der Waals surface area contributed by atoms with Crippen LogP contribution in [-0.4, -0.2) is 11.6 Å². The molecule has 0 atom stereocenters. The third kappa shape index (κ3) is 5.29. The van der Waals surface area contributed by atoms with Gasteiger partial charge in [-0.2, -0.15) is 10.5 Å². The molecule has 5 nitrogen and oxygen atoms in total. The highest BCUT2D eigenvalue weighted by Crippen LogP contribution is 2.24. The fourth-order valence-corrected chi connectivity index (χ4v) is 1.74. The van der Waals surface area contributed by atoms with Crippen LogP contribution in [0.2, 0.25) is 0 Å². The van der Waals surface area contributed by atoms with Gasteiger partial charge in [0.2, 0.25) is 0 Å². The topological polar surface area (TPSA) is 85.9 Å². The molecule has 0 spiro atoms. The largest absolute Gasteiger partial charge is 0.456 e. The zero-order valence-electron chi connectivity index (χ0n) is 11.9. The first-order valence-electron chi connectivity index (χ1n) is 6.06. The van der Waals surface area contributed by atoms with Crippen molar-refractivity contribution in [2.24, 2.45) is 0 Å². The lowest BCUT2D eigenvalue weighted by atomic mass is 10.1. The predicted octanol–water partition coefficient (Wildman–Crippen LogP) is 3.75. The zero-order valence-corrected chi connectivity index (χ0v) is 13.5. The number of hydrogen-bond acceptors (Lipinski definition) is 5. The fourth-order valence-electron chi connectivity index (χ4n) is 1.38. The SMILES string of the molecule is CC(C)(C)OC(=O)c1cc(Br)ccc1NC=C(C#N)C#N. The second-order valence-corrected chi connectivity index (χ2v) is 6.03. The van der Waals surface area contributed by atoms with E-state index in [0.717, 1.165) is 4.47 Å². The van der Waals surface area contributed by atoms with Crippen LogP contribution in [0.3, 0.4) is 0 Å². The number of esters is 1. The Morgan fingerprint density at radius 3 is 2.48 bits per heavy atom. The van der Waals surface area contributed by atoms with Crippen LogP contribution in [-0.2, 0) is 4.74 Å². The van der Waals surface area contributed by atoms with Gasteiger partial charge in [0.1, 0.15) is 23.3 Å². The van der Waals surface area contributed by atoms with E-state index in [4.69, 9.17) is 15.3 Å². The average Bonchev–Trinajstić information content (AvgIpc) is 2.39. The summed E-state index contributed by atoms with van der Waals surface area (Å²) in [6.07, 6.45) is 1.25. The van der Waals surface area contributed by atoms with E-state index in [9.17, 15) is 4.79 Å². The highest BCUT2D eigenvalue weighted by molar-refractivity contribution is 9.10. The fraction of sp³-hybridized carbons (Fsp3) is 0.267. The second-order valence-electron chi connectivity index (χ2n) is 5.12. The summed E-state index contributed by atoms with van der Waals surface area (Å²) in [4.78, 5) is 12.2. The van der Waals surface area contributed by atoms with E-state index in [0.29, 0.717) is 11.3 Å². The smallest absolute Gasteiger partial charge is 0.340 e. The van der Waals surface area contributed by atoms with Crippen molar-refractivity contribution in [3.05, 3.63) is 40.0 Å². The summed E-state index contributed by atoms with van der Waals surface area (Å²) in [7, 11) is 0. The lowest BCUT2D eigenvalue weighted by Crippen LogP contribution is -2.24. The monoisotopic (exact) mass is 347 g/mol. The standard InChI is InChI=1S/C15H14BrN3O2/c1-15(2,3)21-14(20)12-6-11(16)4-5-13(12)19-9-10(7-17)8-18/h4-6,9,19H,1-3H3. The second kappa shape index (κ2) is 6.92. The number of halogens is 1. The minimum atomic E-state index is -0.614. The van der Waals surface area contributed by atoms with Crippen molar-refractivity contribution in [3.63, 3.8) is 0 Å². The predicted molar refractivity (Wildman–Crippen MR) is 82.2 cm³/mol. The summed E-state index contributed by atoms with van der Waals surface area (Å²) in [6, 6.07) is 8.48. The average molecular weight is 348 g/mol. The number of ether oxygens (including phenoxy) is 1. The van der Waals surface area contributed by atoms with Crippen LogP contribution in [0.5, 0.6) is 0 Å². The Labute approximate surface area is 132 Å². The van der Waals surface area contributed by atoms with Gasteiger partial charge in [-0.25, -0.2) is 4.79 Å². The minimum absolute atomic E-state index is 0.0898. The molecule has 6 heteroatoms. The summed E-state index contributed by atoms with van der Waals surface area (Å²) >= 11 is 3.30. The van der Waals surface area contributed by atoms with Crippen molar-refractivity contribution >= 4 is 27.6 Å². The first-order valence-corrected chi connectivity index (χ1v) is 6.86. The maximum atomic E-state index is 12.2. The molecule has 0 aliphatic carbocycles. The van der Waals surface area contributed by atoms with Crippen molar-refractivity contribution in [1.29, 1.82) is 10.5 Å². The molecule has 21 heavy (non-hydrogen) atoms. The molecule has 0 saturated carbocycles. The number of rotatable bonds is 3. The van der Waals surface area contributed by atoms with Crippen LogP contribution in [0, 0.1) is 22.7 Å². The lowest BCUT2D eigenvalue weighted by Gasteiger charge is -2.20. The van der Waals surface area contributed by atoms with Crippen molar-refractivity contribution in [3.8, 4) is 12.1 Å². The molecule has 1 aromatic rings. The summed E-state index contributed by atoms with van der Waals surface area (Å²) in [5.74, 6) is -0.491. The Morgan fingerprint density at radius 2 is 1.95 bits per heavy atom. The molecule has 0 bridgehead atoms. The Kier molecular flexibility index (Phi) is 5.52. The van der Waals surface area contributed by atoms with Gasteiger partial charge in [-0.1, -0.05) is 15.9 Å². The lowest BCUT2D eigenvalue weighted by molar-refractivity contribution is 0.00706. The molecule has 0 fully saturated rings. The number of anilines is 1. The molecule has 0 unspecified atom stereocenters. The number of nitriles is 2. The van der Waals surface area contributed by atoms with E-state index in [1.54, 1.807) is 51.1 Å². The van der Waals surface area contributed by atoms with Gasteiger partial charge in [-0.15, -0.1) is 0 Å². The summed E-state index contributed by atoms with van der Waals surface area (Å²) in [6.45, 7) is 5.33. The van der Waals surface area contributed by atoms with Crippen LogP contribution in [0.15, 0.2) is 34.4 Å². The molecule has 0 heterocycles. The maximum Gasteiger partial charge on any atom is 0.340 e. The van der Waals surface area contributed by atoms with E-state index in [1.807, 2.05) is 0 Å². The molecule has 0 aliphatic rings. The summed E-state index contributed by atoms with van der Waals surface area (Å²) < 4.78 is 6.05. The molecule has 0 aliphatic heterocycles. The summed E-state index contributed by atoms with van der Waals surface area (Å²) in [5, 5.41) is 20.2. The number of benzene rings is 1. The number of hydrogen-bond donors (Lipinski definition) is 1. The Hall–Kier alpha value is -2.31. The number of carbonyl (C=O) groups is 1. The van der Waals surface area contributed by atoms with E-state index in [2.05, 4.69) is 21.2 Å². The molecule has 0 aromatic heterocycles. The Bertz CT molecular complexity index is 645. The normalized spacial score (nSPS) is 10.0. The van der Waals surface area contributed by atoms with Gasteiger partial charge in [0.15, 0.2) is 0 Å². The van der Waals surface area contributed by atoms with E-state index in [1.165, 1.54) is 6.20 Å². The summed E-state index contributed by atoms with van der Waals surface area (Å²) in [5.41, 5.74) is 0.0612. The van der Waals surface area contributed by atoms with E-state index in [-0.39, 0.29) is 5.57 Å². The van der Waals surface area contributed by atoms with Crippen molar-refractivity contribution in [2.75, 3.05) is 5.32 Å². The van der Waals surface area contributed by atoms with Gasteiger partial charge in [0.25, 0.3) is 0 Å². The van der Waals surface area contributed by atoms with Gasteiger partial charge in [0, 0.05) is 10.7 Å². The number of nitrogens with zero attached hydrogens (tertiary/aromatic N) is 2. The molecular formula is C15H14BrN3O2. The highest BCUT2D eigenvalue weighted by atomic mass is 79.9. The van der Waals surface area contributed by atoms with Crippen LogP contribution in [0.4, 0.5) is 5.69 Å². The maximum absolute atomic E-state index is 12.2. The van der Waals surface area contributed by atoms with Gasteiger partial charge >= 0.3 is 5.97 Å². The number of allylic oxidation sites excluding steroid dienone is 1. The van der Waals surface area contributed by atoms with Crippen LogP contribution in [0.1, 0.15) is 31.1 Å². The van der Waals surface area contributed by atoms with E-state index >= 15 is 0 Å². The molecule has 0 saturated heterocycles. The minimum Gasteiger partial charge on any atom is -0.456 e. The van der Waals surface area contributed by atoms with Crippen LogP contribution >= 0.6 is 15.9 Å². The van der Waals surface area contributed by atoms with Crippen LogP contribution < -0.4 is 5.32 Å². The van der Waals surface area contributed by atoms with Crippen molar-refractivity contribution in [1.82, 2.24) is 0 Å². The molecule has 108 valence electrons. The zero-order chi connectivity index (χ0) is 16.0. The van der Waals surface area contributed by atoms with Crippen LogP contribution in [0.25, 0.3) is 0 Å². The first kappa shape index (κ1) is 16.7. The van der Waals surface area contributed by atoms with Gasteiger partial charge in [-0.05, 0) is 39.0 Å². The molecule has 1 N–H and O–H groups in total. The first-order chi connectivity index (χ1) is 9.76. The quantitative estimate of drug-likeness (QED) is 0.664. The number of nitrogens with one attached hydrogen (secondary N) is 1. The van der Waals surface area contributed by atoms with Crippen molar-refractivity contribution in [2.45, 2.75) is 26.4 Å². The molecule has 1 aromatic carbocycles. The molecule has 0 radical (unpaired) electrons. The number of carbonyl (C=O) groups excluding carboxylic acids is 1. The van der Waals surface area contributed by atoms with Gasteiger partial charge in [0.05, 0.1) is 11.3 Å². The molecule has 1 rings (SSSR count). The van der Waals surface area contributed by atoms with E-state index < -0.39 is 11.6 Å². The van der Waals surface area contributed by atoms with Gasteiger partial charge in [-0.3, -0.25) is 0 Å².